The van der Waals surface area contributed by atoms with Gasteiger partial charge in [-0.1, -0.05) is 18.2 Å². The van der Waals surface area contributed by atoms with E-state index >= 15 is 0 Å². The first-order chi connectivity index (χ1) is 16.4. The molecule has 0 fully saturated rings. The van der Waals surface area contributed by atoms with Crippen LogP contribution in [0.25, 0.3) is 28.2 Å². The number of hydrogen-bond donors (Lipinski definition) is 1. The maximum absolute atomic E-state index is 13.0. The molecule has 6 nitrogen and oxygen atoms in total. The van der Waals surface area contributed by atoms with Crippen LogP contribution in [0.1, 0.15) is 24.2 Å². The molecule has 0 amide bonds. The second-order valence-corrected chi connectivity index (χ2v) is 7.82. The Bertz CT molecular complexity index is 1390. The first-order valence-electron chi connectivity index (χ1n) is 10.3. The summed E-state index contributed by atoms with van der Waals surface area (Å²) in [5.41, 5.74) is 8.10. The van der Waals surface area contributed by atoms with Crippen LogP contribution in [-0.2, 0) is 17.4 Å². The van der Waals surface area contributed by atoms with Crippen LogP contribution in [0.5, 0.6) is 0 Å². The summed E-state index contributed by atoms with van der Waals surface area (Å²) in [7, 11) is 0. The summed E-state index contributed by atoms with van der Waals surface area (Å²) in [5.74, 6) is -2.20. The molecule has 0 saturated heterocycles. The van der Waals surface area contributed by atoms with Gasteiger partial charge in [-0.3, -0.25) is 9.20 Å². The standard InChI is InChI=1S/C23H17F6N5O/c24-22(25,26)6-4-16(35)9-13-2-1-3-15(8-13)18-12-31-20-10-14(5-7-34(18)20)17-11-19(30)33-21(32-17)23(27,28)29/h1-3,5,7-8,10-12H,4,6,9H2,(H2,30,32,33). The number of rotatable bonds is 6. The molecule has 0 aliphatic carbocycles. The number of nitrogens with zero attached hydrogens (tertiary/aromatic N) is 4. The van der Waals surface area contributed by atoms with Gasteiger partial charge in [0.1, 0.15) is 17.2 Å². The van der Waals surface area contributed by atoms with Gasteiger partial charge in [0.15, 0.2) is 0 Å². The number of imidazole rings is 1. The fourth-order valence-electron chi connectivity index (χ4n) is 3.53. The molecule has 0 aliphatic rings. The summed E-state index contributed by atoms with van der Waals surface area (Å²) in [5, 5.41) is 0. The normalized spacial score (nSPS) is 12.3. The number of fused-ring (bicyclic) bond motifs is 1. The maximum atomic E-state index is 13.0. The number of Topliss-reactive ketones (excluding diaryl/α,β-unsaturated/α-hetero) is 1. The molecule has 0 spiro atoms. The minimum atomic E-state index is -4.76. The monoisotopic (exact) mass is 493 g/mol. The summed E-state index contributed by atoms with van der Waals surface area (Å²) < 4.78 is 77.9. The van der Waals surface area contributed by atoms with Gasteiger partial charge >= 0.3 is 12.4 Å². The molecular formula is C23H17F6N5O. The second-order valence-electron chi connectivity index (χ2n) is 7.82. The topological polar surface area (TPSA) is 86.2 Å². The van der Waals surface area contributed by atoms with Crippen LogP contribution in [0.15, 0.2) is 54.9 Å². The Morgan fingerprint density at radius 1 is 0.971 bits per heavy atom. The third-order valence-corrected chi connectivity index (χ3v) is 5.12. The van der Waals surface area contributed by atoms with Crippen molar-refractivity contribution in [1.82, 2.24) is 19.4 Å². The number of pyridine rings is 1. The fraction of sp³-hybridized carbons (Fsp3) is 0.217. The highest BCUT2D eigenvalue weighted by molar-refractivity contribution is 5.81. The lowest BCUT2D eigenvalue weighted by Gasteiger charge is -2.09. The quantitative estimate of drug-likeness (QED) is 0.358. The summed E-state index contributed by atoms with van der Waals surface area (Å²) in [6.45, 7) is 0. The first-order valence-corrected chi connectivity index (χ1v) is 10.3. The molecule has 0 aliphatic heterocycles. The number of aromatic nitrogens is 4. The smallest absolute Gasteiger partial charge is 0.384 e. The molecule has 0 bridgehead atoms. The predicted octanol–water partition coefficient (Wildman–Crippen LogP) is 5.51. The van der Waals surface area contributed by atoms with Crippen molar-refractivity contribution in [2.75, 3.05) is 5.73 Å². The SMILES string of the molecule is Nc1cc(-c2ccn3c(-c4cccc(CC(=O)CCC(F)(F)F)c4)cnc3c2)nc(C(F)(F)F)n1. The minimum absolute atomic E-state index is 0.0174. The molecule has 0 unspecified atom stereocenters. The molecule has 0 radical (unpaired) electrons. The van der Waals surface area contributed by atoms with Crippen molar-refractivity contribution in [3.63, 3.8) is 0 Å². The number of carbonyl (C=O) groups excluding carboxylic acids is 1. The average Bonchev–Trinajstić information content (AvgIpc) is 3.20. The molecule has 0 atom stereocenters. The number of halogens is 6. The number of alkyl halides is 6. The van der Waals surface area contributed by atoms with E-state index in [4.69, 9.17) is 5.73 Å². The summed E-state index contributed by atoms with van der Waals surface area (Å²) in [6, 6.07) is 11.1. The Hall–Kier alpha value is -3.96. The van der Waals surface area contributed by atoms with Gasteiger partial charge in [-0.05, 0) is 23.8 Å². The van der Waals surface area contributed by atoms with Gasteiger partial charge in [0.05, 0.1) is 24.0 Å². The van der Waals surface area contributed by atoms with Crippen molar-refractivity contribution >= 4 is 17.2 Å². The highest BCUT2D eigenvalue weighted by atomic mass is 19.4. The van der Waals surface area contributed by atoms with Crippen molar-refractivity contribution in [2.45, 2.75) is 31.6 Å². The molecule has 4 rings (SSSR count). The number of ketones is 1. The van der Waals surface area contributed by atoms with Gasteiger partial charge in [-0.25, -0.2) is 15.0 Å². The van der Waals surface area contributed by atoms with Crippen LogP contribution < -0.4 is 5.73 Å². The van der Waals surface area contributed by atoms with E-state index in [-0.39, 0.29) is 17.9 Å². The van der Waals surface area contributed by atoms with E-state index in [9.17, 15) is 31.1 Å². The van der Waals surface area contributed by atoms with Gasteiger partial charge in [-0.15, -0.1) is 0 Å². The van der Waals surface area contributed by atoms with Gasteiger partial charge in [-0.2, -0.15) is 26.3 Å². The van der Waals surface area contributed by atoms with Gasteiger partial charge in [0.25, 0.3) is 0 Å². The van der Waals surface area contributed by atoms with Crippen LogP contribution in [0, 0.1) is 0 Å². The Morgan fingerprint density at radius 2 is 1.74 bits per heavy atom. The van der Waals surface area contributed by atoms with E-state index in [2.05, 4.69) is 15.0 Å². The fourth-order valence-corrected chi connectivity index (χ4v) is 3.53. The Morgan fingerprint density at radius 3 is 2.46 bits per heavy atom. The van der Waals surface area contributed by atoms with Gasteiger partial charge in [0.2, 0.25) is 5.82 Å². The lowest BCUT2D eigenvalue weighted by molar-refractivity contribution is -0.144. The number of benzene rings is 1. The third-order valence-electron chi connectivity index (χ3n) is 5.12. The van der Waals surface area contributed by atoms with E-state index in [1.165, 1.54) is 12.1 Å². The molecule has 12 heteroatoms. The Kier molecular flexibility index (Phi) is 6.22. The van der Waals surface area contributed by atoms with Gasteiger partial charge in [0, 0.05) is 36.2 Å². The van der Waals surface area contributed by atoms with Crippen LogP contribution in [-0.4, -0.2) is 31.3 Å². The molecule has 3 aromatic heterocycles. The molecule has 182 valence electrons. The molecule has 35 heavy (non-hydrogen) atoms. The van der Waals surface area contributed by atoms with Gasteiger partial charge < -0.3 is 5.73 Å². The van der Waals surface area contributed by atoms with Crippen molar-refractivity contribution in [3.8, 4) is 22.5 Å². The lowest BCUT2D eigenvalue weighted by atomic mass is 10.0. The van der Waals surface area contributed by atoms with E-state index < -0.39 is 36.8 Å². The Balaban J connectivity index is 1.61. The number of nitrogens with two attached hydrogens (primary N) is 1. The zero-order valence-electron chi connectivity index (χ0n) is 17.9. The summed E-state index contributed by atoms with van der Waals surface area (Å²) in [6.07, 6.45) is -7.90. The zero-order valence-corrected chi connectivity index (χ0v) is 17.9. The lowest BCUT2D eigenvalue weighted by Crippen LogP contribution is -2.13. The minimum Gasteiger partial charge on any atom is -0.384 e. The molecule has 0 saturated carbocycles. The molecule has 3 heterocycles. The van der Waals surface area contributed by atoms with Crippen LogP contribution in [0.3, 0.4) is 0 Å². The zero-order chi connectivity index (χ0) is 25.4. The predicted molar refractivity (Wildman–Crippen MR) is 115 cm³/mol. The van der Waals surface area contributed by atoms with E-state index in [0.717, 1.165) is 0 Å². The van der Waals surface area contributed by atoms with Crippen molar-refractivity contribution in [3.05, 3.63) is 66.2 Å². The maximum Gasteiger partial charge on any atom is 0.451 e. The second kappa shape index (κ2) is 9.01. The molecular weight excluding hydrogens is 476 g/mol. The average molecular weight is 493 g/mol. The number of hydrogen-bond acceptors (Lipinski definition) is 5. The highest BCUT2D eigenvalue weighted by Crippen LogP contribution is 2.30. The highest BCUT2D eigenvalue weighted by Gasteiger charge is 2.35. The molecule has 2 N–H and O–H groups in total. The van der Waals surface area contributed by atoms with E-state index in [1.807, 2.05) is 0 Å². The number of nitrogen functional groups attached to an aromatic ring is 1. The largest absolute Gasteiger partial charge is 0.451 e. The molecule has 4 aromatic rings. The number of anilines is 1. The molecule has 1 aromatic carbocycles. The van der Waals surface area contributed by atoms with Crippen LogP contribution >= 0.6 is 0 Å². The first kappa shape index (κ1) is 24.2. The Labute approximate surface area is 194 Å². The summed E-state index contributed by atoms with van der Waals surface area (Å²) in [4.78, 5) is 23.0. The van der Waals surface area contributed by atoms with E-state index in [0.29, 0.717) is 28.0 Å². The van der Waals surface area contributed by atoms with Crippen LogP contribution in [0.2, 0.25) is 0 Å². The van der Waals surface area contributed by atoms with Crippen molar-refractivity contribution < 1.29 is 31.1 Å². The van der Waals surface area contributed by atoms with E-state index in [1.54, 1.807) is 47.1 Å². The summed E-state index contributed by atoms with van der Waals surface area (Å²) >= 11 is 0. The third kappa shape index (κ3) is 5.76. The van der Waals surface area contributed by atoms with Crippen molar-refractivity contribution in [1.29, 1.82) is 0 Å². The van der Waals surface area contributed by atoms with Crippen LogP contribution in [0.4, 0.5) is 32.2 Å². The number of carbonyl (C=O) groups is 1. The van der Waals surface area contributed by atoms with Crippen molar-refractivity contribution in [2.24, 2.45) is 0 Å².